The third-order valence-electron chi connectivity index (χ3n) is 4.72. The summed E-state index contributed by atoms with van der Waals surface area (Å²) in [5.74, 6) is -1.08. The zero-order valence-corrected chi connectivity index (χ0v) is 15.5. The lowest BCUT2D eigenvalue weighted by Crippen LogP contribution is -2.42. The van der Waals surface area contributed by atoms with Crippen LogP contribution in [0.1, 0.15) is 48.7 Å². The van der Waals surface area contributed by atoms with Gasteiger partial charge in [-0.2, -0.15) is 0 Å². The van der Waals surface area contributed by atoms with Crippen molar-refractivity contribution in [3.63, 3.8) is 0 Å². The molecule has 2 N–H and O–H groups in total. The quantitative estimate of drug-likeness (QED) is 0.792. The number of amides is 1. The van der Waals surface area contributed by atoms with Crippen LogP contribution in [-0.4, -0.2) is 28.7 Å². The van der Waals surface area contributed by atoms with Crippen molar-refractivity contribution >= 4 is 34.6 Å². The average Bonchev–Trinajstić information content (AvgIpc) is 3.09. The Morgan fingerprint density at radius 3 is 2.46 bits per heavy atom. The van der Waals surface area contributed by atoms with Crippen LogP contribution in [0.5, 0.6) is 0 Å². The fourth-order valence-corrected chi connectivity index (χ4v) is 4.37. The Morgan fingerprint density at radius 1 is 1.23 bits per heavy atom. The van der Waals surface area contributed by atoms with E-state index in [4.69, 9.17) is 5.41 Å². The molecule has 0 bridgehead atoms. The Bertz CT molecular complexity index is 819. The molecule has 0 radical (unpaired) electrons. The molecule has 1 aliphatic rings. The molecule has 0 saturated heterocycles. The normalized spacial score (nSPS) is 17.1. The van der Waals surface area contributed by atoms with Crippen molar-refractivity contribution in [3.8, 4) is 10.4 Å². The molecule has 26 heavy (non-hydrogen) atoms. The number of carboxylic acid groups (broad SMARTS) is 1. The van der Waals surface area contributed by atoms with Gasteiger partial charge in [0, 0.05) is 23.1 Å². The molecule has 0 aliphatic heterocycles. The van der Waals surface area contributed by atoms with E-state index in [-0.39, 0.29) is 16.8 Å². The summed E-state index contributed by atoms with van der Waals surface area (Å²) in [6.45, 7) is 1.80. The summed E-state index contributed by atoms with van der Waals surface area (Å²) in [7, 11) is 0. The molecule has 1 aromatic carbocycles. The van der Waals surface area contributed by atoms with Crippen molar-refractivity contribution < 1.29 is 14.7 Å². The summed E-state index contributed by atoms with van der Waals surface area (Å²) < 4.78 is 0. The summed E-state index contributed by atoms with van der Waals surface area (Å²) in [5.41, 5.74) is 2.14. The van der Waals surface area contributed by atoms with Gasteiger partial charge in [0.15, 0.2) is 0 Å². The number of carboxylic acids is 1. The lowest BCUT2D eigenvalue weighted by atomic mass is 9.92. The molecular formula is C20H22N2O3S. The van der Waals surface area contributed by atoms with Crippen molar-refractivity contribution in [1.29, 1.82) is 5.41 Å². The molecule has 0 atom stereocenters. The van der Waals surface area contributed by atoms with E-state index in [0.29, 0.717) is 43.5 Å². The molecule has 6 heteroatoms. The minimum absolute atomic E-state index is 0.0483. The number of thiophene rings is 1. The van der Waals surface area contributed by atoms with Gasteiger partial charge in [0.05, 0.1) is 5.69 Å². The number of benzene rings is 1. The van der Waals surface area contributed by atoms with E-state index in [2.05, 4.69) is 0 Å². The summed E-state index contributed by atoms with van der Waals surface area (Å²) in [6, 6.07) is 11.4. The zero-order valence-electron chi connectivity index (χ0n) is 14.7. The highest BCUT2D eigenvalue weighted by Crippen LogP contribution is 2.39. The highest BCUT2D eigenvalue weighted by atomic mass is 32.1. The van der Waals surface area contributed by atoms with Gasteiger partial charge < -0.3 is 15.4 Å². The van der Waals surface area contributed by atoms with Crippen molar-refractivity contribution in [2.75, 3.05) is 4.90 Å². The molecule has 1 aromatic heterocycles. The first-order valence-electron chi connectivity index (χ1n) is 8.82. The second kappa shape index (κ2) is 7.83. The van der Waals surface area contributed by atoms with E-state index in [9.17, 15) is 14.7 Å². The molecule has 1 amide bonds. The van der Waals surface area contributed by atoms with E-state index >= 15 is 0 Å². The van der Waals surface area contributed by atoms with Gasteiger partial charge in [0.1, 0.15) is 4.88 Å². The maximum Gasteiger partial charge on any atom is 0.348 e. The lowest BCUT2D eigenvalue weighted by molar-refractivity contribution is -0.118. The number of rotatable bonds is 5. The number of nitrogens with zero attached hydrogens (tertiary/aromatic N) is 1. The summed E-state index contributed by atoms with van der Waals surface area (Å²) in [5, 5.41) is 17.5. The van der Waals surface area contributed by atoms with E-state index in [1.165, 1.54) is 11.3 Å². The maximum atomic E-state index is 12.7. The van der Waals surface area contributed by atoms with Crippen LogP contribution in [-0.2, 0) is 4.79 Å². The standard InChI is InChI=1S/C20H22N2O3S/c1-2-18(23)22(15-10-8-14(21)9-11-15)16-12-17(26-19(16)20(24)25)13-6-4-3-5-7-13/h3-7,12,15,21H,2,8-11H2,1H3,(H,24,25). The number of carbonyl (C=O) groups is 2. The van der Waals surface area contributed by atoms with Crippen LogP contribution in [0, 0.1) is 5.41 Å². The highest BCUT2D eigenvalue weighted by Gasteiger charge is 2.31. The molecule has 5 nitrogen and oxygen atoms in total. The molecule has 1 saturated carbocycles. The van der Waals surface area contributed by atoms with Gasteiger partial charge in [0.2, 0.25) is 5.91 Å². The van der Waals surface area contributed by atoms with Crippen molar-refractivity contribution in [1.82, 2.24) is 0 Å². The first-order chi connectivity index (χ1) is 12.5. The van der Waals surface area contributed by atoms with Gasteiger partial charge >= 0.3 is 5.97 Å². The molecule has 1 fully saturated rings. The summed E-state index contributed by atoms with van der Waals surface area (Å²) >= 11 is 1.21. The van der Waals surface area contributed by atoms with Crippen LogP contribution in [0.15, 0.2) is 36.4 Å². The predicted molar refractivity (Wildman–Crippen MR) is 104 cm³/mol. The van der Waals surface area contributed by atoms with Gasteiger partial charge in [-0.3, -0.25) is 4.79 Å². The summed E-state index contributed by atoms with van der Waals surface area (Å²) in [4.78, 5) is 27.3. The number of carbonyl (C=O) groups excluding carboxylic acids is 1. The molecule has 0 spiro atoms. The van der Waals surface area contributed by atoms with Crippen molar-refractivity contribution in [2.24, 2.45) is 0 Å². The fourth-order valence-electron chi connectivity index (χ4n) is 3.37. The Kier molecular flexibility index (Phi) is 5.52. The van der Waals surface area contributed by atoms with Crippen LogP contribution in [0.4, 0.5) is 5.69 Å². The van der Waals surface area contributed by atoms with E-state index in [0.717, 1.165) is 10.4 Å². The molecule has 2 aromatic rings. The van der Waals surface area contributed by atoms with Gasteiger partial charge in [-0.15, -0.1) is 11.3 Å². The van der Waals surface area contributed by atoms with Gasteiger partial charge in [0.25, 0.3) is 0 Å². The second-order valence-corrected chi connectivity index (χ2v) is 7.50. The third-order valence-corrected chi connectivity index (χ3v) is 5.88. The van der Waals surface area contributed by atoms with E-state index < -0.39 is 5.97 Å². The summed E-state index contributed by atoms with van der Waals surface area (Å²) in [6.07, 6.45) is 3.07. The topological polar surface area (TPSA) is 81.5 Å². The second-order valence-electron chi connectivity index (χ2n) is 6.45. The smallest absolute Gasteiger partial charge is 0.348 e. The van der Waals surface area contributed by atoms with E-state index in [1.54, 1.807) is 11.8 Å². The number of hydrogen-bond donors (Lipinski definition) is 2. The number of hydrogen-bond acceptors (Lipinski definition) is 4. The maximum absolute atomic E-state index is 12.7. The Labute approximate surface area is 156 Å². The number of aromatic carboxylic acids is 1. The van der Waals surface area contributed by atoms with E-state index in [1.807, 2.05) is 36.4 Å². The Hall–Kier alpha value is -2.47. The van der Waals surface area contributed by atoms with Crippen molar-refractivity contribution in [3.05, 3.63) is 41.3 Å². The molecule has 1 aliphatic carbocycles. The van der Waals surface area contributed by atoms with Crippen LogP contribution >= 0.6 is 11.3 Å². The molecule has 1 heterocycles. The van der Waals surface area contributed by atoms with Crippen LogP contribution in [0.3, 0.4) is 0 Å². The molecule has 0 unspecified atom stereocenters. The Balaban J connectivity index is 2.05. The van der Waals surface area contributed by atoms with Crippen LogP contribution in [0.25, 0.3) is 10.4 Å². The van der Waals surface area contributed by atoms with Crippen LogP contribution in [0.2, 0.25) is 0 Å². The fraction of sp³-hybridized carbons (Fsp3) is 0.350. The molecule has 3 rings (SSSR count). The minimum atomic E-state index is -1.01. The largest absolute Gasteiger partial charge is 0.477 e. The monoisotopic (exact) mass is 370 g/mol. The van der Waals surface area contributed by atoms with Gasteiger partial charge in [-0.25, -0.2) is 4.79 Å². The third kappa shape index (κ3) is 3.70. The van der Waals surface area contributed by atoms with Gasteiger partial charge in [-0.1, -0.05) is 37.3 Å². The first kappa shape index (κ1) is 18.3. The molecule has 136 valence electrons. The predicted octanol–water partition coefficient (Wildman–Crippen LogP) is 4.82. The minimum Gasteiger partial charge on any atom is -0.477 e. The SMILES string of the molecule is CCC(=O)N(c1cc(-c2ccccc2)sc1C(=O)O)C1CCC(=N)CC1. The average molecular weight is 370 g/mol. The number of nitrogens with one attached hydrogen (secondary N) is 1. The zero-order chi connectivity index (χ0) is 18.7. The molecular weight excluding hydrogens is 348 g/mol. The van der Waals surface area contributed by atoms with Crippen molar-refractivity contribution in [2.45, 2.75) is 45.1 Å². The van der Waals surface area contributed by atoms with Crippen LogP contribution < -0.4 is 4.90 Å². The number of anilines is 1. The lowest BCUT2D eigenvalue weighted by Gasteiger charge is -2.34. The highest BCUT2D eigenvalue weighted by molar-refractivity contribution is 7.18. The first-order valence-corrected chi connectivity index (χ1v) is 9.63. The van der Waals surface area contributed by atoms with Gasteiger partial charge in [-0.05, 0) is 37.3 Å². The Morgan fingerprint density at radius 2 is 1.88 bits per heavy atom.